The van der Waals surface area contributed by atoms with Crippen LogP contribution in [-0.4, -0.2) is 26.2 Å². The highest BCUT2D eigenvalue weighted by molar-refractivity contribution is 9.10. The zero-order valence-electron chi connectivity index (χ0n) is 8.57. The van der Waals surface area contributed by atoms with Gasteiger partial charge >= 0.3 is 0 Å². The van der Waals surface area contributed by atoms with Crippen LogP contribution < -0.4 is 5.32 Å². The Bertz CT molecular complexity index is 317. The third-order valence-electron chi connectivity index (χ3n) is 2.10. The van der Waals surface area contributed by atoms with Crippen LogP contribution in [-0.2, 0) is 16.0 Å². The summed E-state index contributed by atoms with van der Waals surface area (Å²) in [5, 5.41) is 2.73. The first-order valence-electron chi connectivity index (χ1n) is 4.70. The van der Waals surface area contributed by atoms with E-state index in [1.807, 2.05) is 24.3 Å². The molecule has 1 amide bonds. The highest BCUT2D eigenvalue weighted by atomic mass is 79.9. The minimum absolute atomic E-state index is 0.0196. The normalized spacial score (nSPS) is 12.1. The van der Waals surface area contributed by atoms with E-state index in [4.69, 9.17) is 4.74 Å². The maximum Gasteiger partial charge on any atom is 0.207 e. The largest absolute Gasteiger partial charge is 0.383 e. The molecule has 0 aromatic heterocycles. The van der Waals surface area contributed by atoms with Crippen molar-refractivity contribution in [1.29, 1.82) is 0 Å². The average Bonchev–Trinajstić information content (AvgIpc) is 2.22. The summed E-state index contributed by atoms with van der Waals surface area (Å²) in [5.41, 5.74) is 1.16. The molecule has 0 bridgehead atoms. The highest BCUT2D eigenvalue weighted by Gasteiger charge is 2.09. The Morgan fingerprint density at radius 1 is 1.53 bits per heavy atom. The van der Waals surface area contributed by atoms with Gasteiger partial charge in [-0.1, -0.05) is 34.1 Å². The van der Waals surface area contributed by atoms with Crippen molar-refractivity contribution in [3.05, 3.63) is 34.3 Å². The first kappa shape index (κ1) is 12.2. The number of hydrogen-bond donors (Lipinski definition) is 1. The topological polar surface area (TPSA) is 38.3 Å². The van der Waals surface area contributed by atoms with Crippen LogP contribution in [0.2, 0.25) is 0 Å². The van der Waals surface area contributed by atoms with Crippen LogP contribution in [0.4, 0.5) is 0 Å². The molecule has 0 fully saturated rings. The lowest BCUT2D eigenvalue weighted by atomic mass is 10.1. The molecule has 0 aliphatic rings. The summed E-state index contributed by atoms with van der Waals surface area (Å²) < 4.78 is 6.09. The molecular weight excluding hydrogens is 258 g/mol. The molecule has 1 atom stereocenters. The average molecular weight is 272 g/mol. The Balaban J connectivity index is 2.64. The minimum atomic E-state index is 0.0196. The number of benzene rings is 1. The molecule has 1 aromatic rings. The molecule has 0 spiro atoms. The van der Waals surface area contributed by atoms with Gasteiger partial charge < -0.3 is 10.1 Å². The van der Waals surface area contributed by atoms with Gasteiger partial charge in [0.2, 0.25) is 6.41 Å². The van der Waals surface area contributed by atoms with Crippen LogP contribution in [0.3, 0.4) is 0 Å². The lowest BCUT2D eigenvalue weighted by Gasteiger charge is -2.15. The summed E-state index contributed by atoms with van der Waals surface area (Å²) in [5.74, 6) is 0. The maximum absolute atomic E-state index is 10.4. The number of nitrogens with one attached hydrogen (secondary N) is 1. The van der Waals surface area contributed by atoms with Crippen molar-refractivity contribution < 1.29 is 9.53 Å². The molecule has 3 nitrogen and oxygen atoms in total. The highest BCUT2D eigenvalue weighted by Crippen LogP contribution is 2.17. The second-order valence-corrected chi connectivity index (χ2v) is 4.09. The Labute approximate surface area is 97.9 Å². The number of rotatable bonds is 6. The molecule has 0 saturated heterocycles. The predicted octanol–water partition coefficient (Wildman–Crippen LogP) is 1.75. The summed E-state index contributed by atoms with van der Waals surface area (Å²) in [4.78, 5) is 10.4. The number of halogens is 1. The molecule has 82 valence electrons. The zero-order valence-corrected chi connectivity index (χ0v) is 10.2. The van der Waals surface area contributed by atoms with Crippen LogP contribution in [0.1, 0.15) is 5.56 Å². The fourth-order valence-corrected chi connectivity index (χ4v) is 1.84. The number of carbonyl (C=O) groups excluding carboxylic acids is 1. The quantitative estimate of drug-likeness (QED) is 0.801. The molecule has 0 radical (unpaired) electrons. The van der Waals surface area contributed by atoms with Crippen molar-refractivity contribution in [2.24, 2.45) is 0 Å². The minimum Gasteiger partial charge on any atom is -0.383 e. The lowest BCUT2D eigenvalue weighted by Crippen LogP contribution is -2.34. The summed E-state index contributed by atoms with van der Waals surface area (Å²) in [7, 11) is 1.62. The van der Waals surface area contributed by atoms with Crippen molar-refractivity contribution in [2.75, 3.05) is 13.7 Å². The van der Waals surface area contributed by atoms with Crippen LogP contribution in [0.15, 0.2) is 28.7 Å². The third kappa shape index (κ3) is 4.01. The summed E-state index contributed by atoms with van der Waals surface area (Å²) in [6.45, 7) is 0.514. The lowest BCUT2D eigenvalue weighted by molar-refractivity contribution is -0.110. The second kappa shape index (κ2) is 6.58. The Kier molecular flexibility index (Phi) is 5.36. The van der Waals surface area contributed by atoms with Crippen molar-refractivity contribution in [1.82, 2.24) is 5.32 Å². The predicted molar refractivity (Wildman–Crippen MR) is 62.7 cm³/mol. The SMILES string of the molecule is COC[C@@H](Cc1ccccc1Br)NC=O. The third-order valence-corrected chi connectivity index (χ3v) is 2.87. The molecule has 0 saturated carbocycles. The molecular formula is C11H14BrNO2. The first-order chi connectivity index (χ1) is 7.27. The molecule has 1 N–H and O–H groups in total. The molecule has 15 heavy (non-hydrogen) atoms. The Hall–Kier alpha value is -0.870. The van der Waals surface area contributed by atoms with E-state index in [0.717, 1.165) is 16.5 Å². The Morgan fingerprint density at radius 3 is 2.87 bits per heavy atom. The van der Waals surface area contributed by atoms with Crippen molar-refractivity contribution in [3.8, 4) is 0 Å². The fourth-order valence-electron chi connectivity index (χ4n) is 1.39. The standard InChI is InChI=1S/C11H14BrNO2/c1-15-7-10(13-8-14)6-9-4-2-3-5-11(9)12/h2-5,8,10H,6-7H2,1H3,(H,13,14)/t10-/m1/s1. The van der Waals surface area contributed by atoms with Crippen molar-refractivity contribution in [3.63, 3.8) is 0 Å². The summed E-state index contributed by atoms with van der Waals surface area (Å²) >= 11 is 3.47. The van der Waals surface area contributed by atoms with E-state index in [9.17, 15) is 4.79 Å². The van der Waals surface area contributed by atoms with E-state index < -0.39 is 0 Å². The molecule has 4 heteroatoms. The van der Waals surface area contributed by atoms with Gasteiger partial charge in [-0.05, 0) is 18.1 Å². The van der Waals surface area contributed by atoms with Crippen molar-refractivity contribution in [2.45, 2.75) is 12.5 Å². The molecule has 0 aliphatic carbocycles. The maximum atomic E-state index is 10.4. The molecule has 0 aliphatic heterocycles. The van der Waals surface area contributed by atoms with E-state index in [-0.39, 0.29) is 6.04 Å². The Morgan fingerprint density at radius 2 is 2.27 bits per heavy atom. The summed E-state index contributed by atoms with van der Waals surface area (Å²) in [6, 6.07) is 7.97. The van der Waals surface area contributed by atoms with E-state index in [0.29, 0.717) is 13.0 Å². The van der Waals surface area contributed by atoms with E-state index in [1.54, 1.807) is 7.11 Å². The van der Waals surface area contributed by atoms with Gasteiger partial charge in [0.25, 0.3) is 0 Å². The monoisotopic (exact) mass is 271 g/mol. The second-order valence-electron chi connectivity index (χ2n) is 3.23. The molecule has 1 rings (SSSR count). The van der Waals surface area contributed by atoms with Gasteiger partial charge in [-0.2, -0.15) is 0 Å². The zero-order chi connectivity index (χ0) is 11.1. The number of hydrogen-bond acceptors (Lipinski definition) is 2. The van der Waals surface area contributed by atoms with Crippen LogP contribution in [0.25, 0.3) is 0 Å². The van der Waals surface area contributed by atoms with E-state index >= 15 is 0 Å². The smallest absolute Gasteiger partial charge is 0.207 e. The van der Waals surface area contributed by atoms with Gasteiger partial charge in [-0.3, -0.25) is 4.79 Å². The van der Waals surface area contributed by atoms with Gasteiger partial charge in [0.1, 0.15) is 0 Å². The number of ether oxygens (including phenoxy) is 1. The molecule has 0 unspecified atom stereocenters. The van der Waals surface area contributed by atoms with Gasteiger partial charge in [0, 0.05) is 11.6 Å². The molecule has 0 heterocycles. The van der Waals surface area contributed by atoms with Gasteiger partial charge in [0.05, 0.1) is 12.6 Å². The van der Waals surface area contributed by atoms with E-state index in [1.165, 1.54) is 0 Å². The van der Waals surface area contributed by atoms with E-state index in [2.05, 4.69) is 21.2 Å². The van der Waals surface area contributed by atoms with Crippen LogP contribution >= 0.6 is 15.9 Å². The van der Waals surface area contributed by atoms with Gasteiger partial charge in [-0.15, -0.1) is 0 Å². The van der Waals surface area contributed by atoms with Crippen molar-refractivity contribution >= 4 is 22.3 Å². The fraction of sp³-hybridized carbons (Fsp3) is 0.364. The molecule has 1 aromatic carbocycles. The van der Waals surface area contributed by atoms with Crippen LogP contribution in [0, 0.1) is 0 Å². The number of methoxy groups -OCH3 is 1. The number of amides is 1. The van der Waals surface area contributed by atoms with Gasteiger partial charge in [0.15, 0.2) is 0 Å². The summed E-state index contributed by atoms with van der Waals surface area (Å²) in [6.07, 6.45) is 1.47. The van der Waals surface area contributed by atoms with Crippen LogP contribution in [0.5, 0.6) is 0 Å². The first-order valence-corrected chi connectivity index (χ1v) is 5.49. The van der Waals surface area contributed by atoms with Gasteiger partial charge in [-0.25, -0.2) is 0 Å². The number of carbonyl (C=O) groups is 1.